The Morgan fingerprint density at radius 2 is 2.47 bits per heavy atom. The van der Waals surface area contributed by atoms with Crippen LogP contribution in [0.4, 0.5) is 5.82 Å². The first kappa shape index (κ1) is 12.3. The number of nitrogens with zero attached hydrogens (tertiary/aromatic N) is 1. The van der Waals surface area contributed by atoms with Crippen molar-refractivity contribution in [1.82, 2.24) is 4.98 Å². The van der Waals surface area contributed by atoms with Crippen molar-refractivity contribution in [1.29, 1.82) is 0 Å². The van der Waals surface area contributed by atoms with Crippen molar-refractivity contribution >= 4 is 34.8 Å². The van der Waals surface area contributed by atoms with Crippen LogP contribution in [0.15, 0.2) is 18.3 Å². The highest BCUT2D eigenvalue weighted by atomic mass is 32.2. The van der Waals surface area contributed by atoms with Crippen LogP contribution in [0.25, 0.3) is 0 Å². The predicted molar refractivity (Wildman–Crippen MR) is 71.6 cm³/mol. The molecule has 3 N–H and O–H groups in total. The van der Waals surface area contributed by atoms with E-state index in [-0.39, 0.29) is 0 Å². The van der Waals surface area contributed by atoms with Gasteiger partial charge in [-0.3, -0.25) is 0 Å². The van der Waals surface area contributed by atoms with Crippen LogP contribution < -0.4 is 11.1 Å². The van der Waals surface area contributed by atoms with Crippen LogP contribution in [0.2, 0.25) is 0 Å². The van der Waals surface area contributed by atoms with Crippen molar-refractivity contribution in [3.63, 3.8) is 0 Å². The quantitative estimate of drug-likeness (QED) is 0.771. The third kappa shape index (κ3) is 4.05. The normalized spacial score (nSPS) is 12.1. The zero-order chi connectivity index (χ0) is 11.3. The fourth-order valence-electron chi connectivity index (χ4n) is 1.01. The lowest BCUT2D eigenvalue weighted by atomic mass is 10.2. The highest BCUT2D eigenvalue weighted by molar-refractivity contribution is 7.99. The molecule has 0 aromatic carbocycles. The van der Waals surface area contributed by atoms with Crippen molar-refractivity contribution in [3.05, 3.63) is 23.9 Å². The molecule has 5 heteroatoms. The van der Waals surface area contributed by atoms with Gasteiger partial charge in [-0.05, 0) is 18.4 Å². The van der Waals surface area contributed by atoms with Gasteiger partial charge in [0.2, 0.25) is 0 Å². The summed E-state index contributed by atoms with van der Waals surface area (Å²) in [5.41, 5.74) is 6.38. The van der Waals surface area contributed by atoms with E-state index in [1.807, 2.05) is 23.9 Å². The summed E-state index contributed by atoms with van der Waals surface area (Å²) in [7, 11) is 0. The molecular weight excluding hydrogens is 226 g/mol. The molecule has 15 heavy (non-hydrogen) atoms. The van der Waals surface area contributed by atoms with E-state index < -0.39 is 0 Å². The van der Waals surface area contributed by atoms with E-state index in [1.165, 1.54) is 0 Å². The third-order valence-corrected chi connectivity index (χ3v) is 3.22. The van der Waals surface area contributed by atoms with Gasteiger partial charge in [0.25, 0.3) is 0 Å². The summed E-state index contributed by atoms with van der Waals surface area (Å²) >= 11 is 6.71. The Morgan fingerprint density at radius 1 is 1.73 bits per heavy atom. The van der Waals surface area contributed by atoms with Crippen LogP contribution in [0.1, 0.15) is 12.5 Å². The van der Waals surface area contributed by atoms with Gasteiger partial charge < -0.3 is 11.1 Å². The van der Waals surface area contributed by atoms with Crippen LogP contribution in [-0.2, 0) is 0 Å². The molecule has 3 nitrogen and oxygen atoms in total. The van der Waals surface area contributed by atoms with E-state index in [0.717, 1.165) is 17.9 Å². The molecule has 0 saturated heterocycles. The summed E-state index contributed by atoms with van der Waals surface area (Å²) in [6, 6.07) is 3.68. The molecule has 1 aromatic heterocycles. The Labute approximate surface area is 99.8 Å². The summed E-state index contributed by atoms with van der Waals surface area (Å²) in [4.78, 5) is 4.59. The molecule has 0 spiro atoms. The van der Waals surface area contributed by atoms with Crippen LogP contribution in [-0.4, -0.2) is 28.0 Å². The van der Waals surface area contributed by atoms with Gasteiger partial charge in [-0.1, -0.05) is 19.1 Å². The Morgan fingerprint density at radius 3 is 3.07 bits per heavy atom. The minimum atomic E-state index is 0.401. The smallest absolute Gasteiger partial charge is 0.126 e. The van der Waals surface area contributed by atoms with E-state index in [0.29, 0.717) is 10.2 Å². The van der Waals surface area contributed by atoms with E-state index in [4.69, 9.17) is 18.0 Å². The summed E-state index contributed by atoms with van der Waals surface area (Å²) in [6.45, 7) is 3.05. The van der Waals surface area contributed by atoms with Gasteiger partial charge in [0, 0.05) is 23.6 Å². The van der Waals surface area contributed by atoms with Gasteiger partial charge in [-0.2, -0.15) is 11.8 Å². The minimum absolute atomic E-state index is 0.401. The second-order valence-electron chi connectivity index (χ2n) is 3.22. The van der Waals surface area contributed by atoms with Crippen molar-refractivity contribution in [2.24, 2.45) is 5.73 Å². The lowest BCUT2D eigenvalue weighted by Crippen LogP contribution is -2.15. The molecule has 82 valence electrons. The number of hydrogen-bond acceptors (Lipinski definition) is 4. The van der Waals surface area contributed by atoms with Crippen LogP contribution in [0.5, 0.6) is 0 Å². The second-order valence-corrected chi connectivity index (χ2v) is 4.94. The Kier molecular flexibility index (Phi) is 4.84. The molecule has 0 fully saturated rings. The molecule has 0 radical (unpaired) electrons. The van der Waals surface area contributed by atoms with E-state index >= 15 is 0 Å². The summed E-state index contributed by atoms with van der Waals surface area (Å²) < 4.78 is 0. The number of rotatable bonds is 5. The Bertz CT molecular complexity index is 341. The van der Waals surface area contributed by atoms with Gasteiger partial charge in [-0.25, -0.2) is 4.98 Å². The number of nitrogens with two attached hydrogens (primary N) is 1. The van der Waals surface area contributed by atoms with Crippen LogP contribution in [0, 0.1) is 0 Å². The third-order valence-electron chi connectivity index (χ3n) is 2.02. The highest BCUT2D eigenvalue weighted by Crippen LogP contribution is 2.09. The van der Waals surface area contributed by atoms with Crippen molar-refractivity contribution < 1.29 is 0 Å². The first-order valence-corrected chi connectivity index (χ1v) is 6.35. The summed E-state index contributed by atoms with van der Waals surface area (Å²) in [6.07, 6.45) is 3.80. The Hall–Kier alpha value is -0.810. The molecule has 1 rings (SSSR count). The number of anilines is 1. The molecule has 1 unspecified atom stereocenters. The van der Waals surface area contributed by atoms with E-state index in [2.05, 4.69) is 23.5 Å². The fraction of sp³-hybridized carbons (Fsp3) is 0.400. The highest BCUT2D eigenvalue weighted by Gasteiger charge is 2.01. The first-order valence-electron chi connectivity index (χ1n) is 4.66. The first-order chi connectivity index (χ1) is 7.13. The van der Waals surface area contributed by atoms with Gasteiger partial charge in [0.15, 0.2) is 0 Å². The molecule has 0 aliphatic heterocycles. The van der Waals surface area contributed by atoms with Gasteiger partial charge in [0.05, 0.1) is 0 Å². The molecule has 1 atom stereocenters. The predicted octanol–water partition coefficient (Wildman–Crippen LogP) is 1.88. The van der Waals surface area contributed by atoms with E-state index in [9.17, 15) is 0 Å². The number of nitrogens with one attached hydrogen (secondary N) is 1. The second kappa shape index (κ2) is 5.92. The zero-order valence-corrected chi connectivity index (χ0v) is 10.5. The monoisotopic (exact) mass is 241 g/mol. The Balaban J connectivity index is 2.62. The topological polar surface area (TPSA) is 50.9 Å². The summed E-state index contributed by atoms with van der Waals surface area (Å²) in [5, 5.41) is 3.80. The van der Waals surface area contributed by atoms with Crippen molar-refractivity contribution in [2.45, 2.75) is 12.2 Å². The number of aromatic nitrogens is 1. The maximum atomic E-state index is 5.54. The molecule has 0 saturated carbocycles. The van der Waals surface area contributed by atoms with Gasteiger partial charge in [0.1, 0.15) is 10.8 Å². The maximum Gasteiger partial charge on any atom is 0.126 e. The van der Waals surface area contributed by atoms with Gasteiger partial charge in [-0.15, -0.1) is 0 Å². The lowest BCUT2D eigenvalue weighted by molar-refractivity contribution is 0.991. The minimum Gasteiger partial charge on any atom is -0.389 e. The molecule has 0 bridgehead atoms. The number of thiocarbonyl (C=S) groups is 1. The van der Waals surface area contributed by atoms with Crippen molar-refractivity contribution in [2.75, 3.05) is 18.1 Å². The summed E-state index contributed by atoms with van der Waals surface area (Å²) in [5.74, 6) is 0.821. The standard InChI is InChI=1S/C10H15N3S2/c1-7(15-2)6-13-9-5-8(10(11)14)3-4-12-9/h3-5,7H,6H2,1-2H3,(H2,11,14)(H,12,13). The molecule has 1 heterocycles. The number of hydrogen-bond donors (Lipinski definition) is 2. The van der Waals surface area contributed by atoms with E-state index in [1.54, 1.807) is 6.20 Å². The van der Waals surface area contributed by atoms with Crippen LogP contribution >= 0.6 is 24.0 Å². The van der Waals surface area contributed by atoms with Crippen molar-refractivity contribution in [3.8, 4) is 0 Å². The SMILES string of the molecule is CSC(C)CNc1cc(C(N)=S)ccn1. The fourth-order valence-corrected chi connectivity index (χ4v) is 1.39. The molecule has 0 aliphatic carbocycles. The average molecular weight is 241 g/mol. The number of thioether (sulfide) groups is 1. The largest absolute Gasteiger partial charge is 0.389 e. The average Bonchev–Trinajstić information content (AvgIpc) is 2.26. The van der Waals surface area contributed by atoms with Crippen LogP contribution in [0.3, 0.4) is 0 Å². The van der Waals surface area contributed by atoms with Gasteiger partial charge >= 0.3 is 0 Å². The number of pyridine rings is 1. The maximum absolute atomic E-state index is 5.54. The molecular formula is C10H15N3S2. The zero-order valence-electron chi connectivity index (χ0n) is 8.86. The lowest BCUT2D eigenvalue weighted by Gasteiger charge is -2.10. The molecule has 0 amide bonds. The molecule has 1 aromatic rings. The molecule has 0 aliphatic rings.